The highest BCUT2D eigenvalue weighted by atomic mass is 35.5. The lowest BCUT2D eigenvalue weighted by Gasteiger charge is -2.06. The fourth-order valence-electron chi connectivity index (χ4n) is 1.67. The number of nitrogen functional groups attached to an aromatic ring is 1. The van der Waals surface area contributed by atoms with Crippen LogP contribution in [0.25, 0.3) is 11.1 Å². The van der Waals surface area contributed by atoms with Gasteiger partial charge in [0.25, 0.3) is 0 Å². The van der Waals surface area contributed by atoms with Crippen molar-refractivity contribution < 1.29 is 9.53 Å². The Balaban J connectivity index is 0.00000162. The molecule has 4 heteroatoms. The van der Waals surface area contributed by atoms with E-state index in [1.807, 2.05) is 36.4 Å². The van der Waals surface area contributed by atoms with Crippen LogP contribution in [0.15, 0.2) is 48.5 Å². The molecule has 0 amide bonds. The van der Waals surface area contributed by atoms with Crippen molar-refractivity contribution in [2.24, 2.45) is 0 Å². The van der Waals surface area contributed by atoms with Gasteiger partial charge in [0, 0.05) is 5.69 Å². The van der Waals surface area contributed by atoms with Crippen LogP contribution in [0.4, 0.5) is 5.69 Å². The molecule has 0 aliphatic heterocycles. The zero-order valence-electron chi connectivity index (χ0n) is 9.92. The highest BCUT2D eigenvalue weighted by molar-refractivity contribution is 5.96. The molecule has 0 aromatic heterocycles. The average Bonchev–Trinajstić information content (AvgIpc) is 2.39. The molecule has 94 valence electrons. The van der Waals surface area contributed by atoms with E-state index in [0.717, 1.165) is 11.1 Å². The van der Waals surface area contributed by atoms with Crippen molar-refractivity contribution in [2.75, 3.05) is 12.8 Å². The molecular formula is C14H14ClNO2. The molecule has 2 aromatic rings. The van der Waals surface area contributed by atoms with E-state index in [-0.39, 0.29) is 12.4 Å². The van der Waals surface area contributed by atoms with Crippen molar-refractivity contribution in [3.63, 3.8) is 0 Å². The summed E-state index contributed by atoms with van der Waals surface area (Å²) in [5, 5.41) is 0. The van der Waals surface area contributed by atoms with Gasteiger partial charge in [-0.25, -0.2) is 4.79 Å². The number of hydrogen-bond donors (Lipinski definition) is 1. The fourth-order valence-corrected chi connectivity index (χ4v) is 1.67. The maximum atomic E-state index is 11.4. The van der Waals surface area contributed by atoms with E-state index in [1.165, 1.54) is 7.11 Å². The first-order valence-electron chi connectivity index (χ1n) is 5.25. The van der Waals surface area contributed by atoms with Crippen LogP contribution in [0.3, 0.4) is 0 Å². The molecule has 0 aliphatic rings. The molecule has 2 aromatic carbocycles. The lowest BCUT2D eigenvalue weighted by atomic mass is 10.0. The van der Waals surface area contributed by atoms with Gasteiger partial charge in [0.2, 0.25) is 0 Å². The first-order chi connectivity index (χ1) is 8.22. The Morgan fingerprint density at radius 1 is 1.06 bits per heavy atom. The number of anilines is 1. The standard InChI is InChI=1S/C14H13NO2.ClH/c1-17-14(16)12-8-7-11(9-13(12)15)10-5-3-2-4-6-10;/h2-9H,15H2,1H3;1H. The quantitative estimate of drug-likeness (QED) is 0.669. The number of ether oxygens (including phenoxy) is 1. The van der Waals surface area contributed by atoms with Gasteiger partial charge in [-0.2, -0.15) is 0 Å². The Kier molecular flexibility index (Phi) is 4.75. The van der Waals surface area contributed by atoms with Crippen molar-refractivity contribution in [1.29, 1.82) is 0 Å². The van der Waals surface area contributed by atoms with E-state index < -0.39 is 5.97 Å². The number of benzene rings is 2. The molecule has 0 unspecified atom stereocenters. The van der Waals surface area contributed by atoms with Crippen molar-refractivity contribution in [2.45, 2.75) is 0 Å². The number of carbonyl (C=O) groups is 1. The third-order valence-electron chi connectivity index (χ3n) is 2.56. The Morgan fingerprint density at radius 3 is 2.28 bits per heavy atom. The molecule has 0 spiro atoms. The van der Waals surface area contributed by atoms with Gasteiger partial charge in [0.1, 0.15) is 0 Å². The Morgan fingerprint density at radius 2 is 1.72 bits per heavy atom. The van der Waals surface area contributed by atoms with Gasteiger partial charge in [0.15, 0.2) is 0 Å². The third kappa shape index (κ3) is 2.81. The van der Waals surface area contributed by atoms with E-state index in [4.69, 9.17) is 5.73 Å². The Labute approximate surface area is 112 Å². The molecule has 18 heavy (non-hydrogen) atoms. The molecule has 0 saturated carbocycles. The summed E-state index contributed by atoms with van der Waals surface area (Å²) in [4.78, 5) is 11.4. The number of nitrogens with two attached hydrogens (primary N) is 1. The predicted molar refractivity (Wildman–Crippen MR) is 74.9 cm³/mol. The molecule has 0 radical (unpaired) electrons. The second kappa shape index (κ2) is 6.07. The SMILES string of the molecule is COC(=O)c1ccc(-c2ccccc2)cc1N.Cl. The maximum absolute atomic E-state index is 11.4. The van der Waals surface area contributed by atoms with E-state index >= 15 is 0 Å². The van der Waals surface area contributed by atoms with Gasteiger partial charge in [0.05, 0.1) is 12.7 Å². The molecule has 0 saturated heterocycles. The van der Waals surface area contributed by atoms with Crippen LogP contribution in [-0.2, 0) is 4.74 Å². The molecule has 0 aliphatic carbocycles. The van der Waals surface area contributed by atoms with Crippen LogP contribution in [0, 0.1) is 0 Å². The second-order valence-corrected chi connectivity index (χ2v) is 3.66. The summed E-state index contributed by atoms with van der Waals surface area (Å²) in [6.07, 6.45) is 0. The summed E-state index contributed by atoms with van der Waals surface area (Å²) in [6.45, 7) is 0. The minimum absolute atomic E-state index is 0. The molecule has 0 heterocycles. The van der Waals surface area contributed by atoms with Crippen molar-refractivity contribution >= 4 is 24.1 Å². The van der Waals surface area contributed by atoms with Gasteiger partial charge in [-0.1, -0.05) is 36.4 Å². The summed E-state index contributed by atoms with van der Waals surface area (Å²) < 4.78 is 4.64. The maximum Gasteiger partial charge on any atom is 0.339 e. The van der Waals surface area contributed by atoms with Crippen LogP contribution < -0.4 is 5.73 Å². The van der Waals surface area contributed by atoms with Crippen molar-refractivity contribution in [3.8, 4) is 11.1 Å². The minimum atomic E-state index is -0.415. The number of methoxy groups -OCH3 is 1. The number of halogens is 1. The number of rotatable bonds is 2. The van der Waals surface area contributed by atoms with Gasteiger partial charge in [-0.3, -0.25) is 0 Å². The fraction of sp³-hybridized carbons (Fsp3) is 0.0714. The highest BCUT2D eigenvalue weighted by Crippen LogP contribution is 2.24. The van der Waals surface area contributed by atoms with Crippen LogP contribution in [0.5, 0.6) is 0 Å². The normalized spacial score (nSPS) is 9.39. The first kappa shape index (κ1) is 14.1. The van der Waals surface area contributed by atoms with Gasteiger partial charge >= 0.3 is 5.97 Å². The molecular weight excluding hydrogens is 250 g/mol. The lowest BCUT2D eigenvalue weighted by molar-refractivity contribution is 0.0602. The topological polar surface area (TPSA) is 52.3 Å². The number of esters is 1. The molecule has 3 nitrogen and oxygen atoms in total. The van der Waals surface area contributed by atoms with E-state index in [2.05, 4.69) is 4.74 Å². The summed E-state index contributed by atoms with van der Waals surface area (Å²) in [5.74, 6) is -0.415. The highest BCUT2D eigenvalue weighted by Gasteiger charge is 2.10. The van der Waals surface area contributed by atoms with Crippen LogP contribution in [0.2, 0.25) is 0 Å². The third-order valence-corrected chi connectivity index (χ3v) is 2.56. The summed E-state index contributed by atoms with van der Waals surface area (Å²) in [5.41, 5.74) is 8.71. The monoisotopic (exact) mass is 263 g/mol. The van der Waals surface area contributed by atoms with Gasteiger partial charge in [-0.05, 0) is 23.3 Å². The summed E-state index contributed by atoms with van der Waals surface area (Å²) in [7, 11) is 1.34. The van der Waals surface area contributed by atoms with E-state index in [1.54, 1.807) is 12.1 Å². The first-order valence-corrected chi connectivity index (χ1v) is 5.25. The molecule has 2 N–H and O–H groups in total. The zero-order valence-corrected chi connectivity index (χ0v) is 10.7. The number of hydrogen-bond acceptors (Lipinski definition) is 3. The van der Waals surface area contributed by atoms with Gasteiger partial charge < -0.3 is 10.5 Å². The predicted octanol–water partition coefficient (Wildman–Crippen LogP) is 3.14. The van der Waals surface area contributed by atoms with E-state index in [9.17, 15) is 4.79 Å². The van der Waals surface area contributed by atoms with Crippen LogP contribution in [-0.4, -0.2) is 13.1 Å². The van der Waals surface area contributed by atoms with Crippen molar-refractivity contribution in [3.05, 3.63) is 54.1 Å². The second-order valence-electron chi connectivity index (χ2n) is 3.66. The number of carbonyl (C=O) groups excluding carboxylic acids is 1. The Hall–Kier alpha value is -2.00. The zero-order chi connectivity index (χ0) is 12.3. The van der Waals surface area contributed by atoms with Gasteiger partial charge in [-0.15, -0.1) is 12.4 Å². The van der Waals surface area contributed by atoms with E-state index in [0.29, 0.717) is 11.3 Å². The van der Waals surface area contributed by atoms with Crippen LogP contribution >= 0.6 is 12.4 Å². The molecule has 0 bridgehead atoms. The lowest BCUT2D eigenvalue weighted by Crippen LogP contribution is -2.05. The molecule has 0 atom stereocenters. The van der Waals surface area contributed by atoms with Crippen molar-refractivity contribution in [1.82, 2.24) is 0 Å². The minimum Gasteiger partial charge on any atom is -0.465 e. The average molecular weight is 264 g/mol. The Bertz CT molecular complexity index is 541. The van der Waals surface area contributed by atoms with Crippen LogP contribution in [0.1, 0.15) is 10.4 Å². The largest absolute Gasteiger partial charge is 0.465 e. The smallest absolute Gasteiger partial charge is 0.339 e. The summed E-state index contributed by atoms with van der Waals surface area (Å²) >= 11 is 0. The summed E-state index contributed by atoms with van der Waals surface area (Å²) in [6, 6.07) is 15.2. The molecule has 2 rings (SSSR count). The molecule has 0 fully saturated rings.